The molecule has 27 heavy (non-hydrogen) atoms. The van der Waals surface area contributed by atoms with E-state index in [0.717, 1.165) is 5.56 Å². The van der Waals surface area contributed by atoms with Crippen LogP contribution in [-0.2, 0) is 9.59 Å². The average Bonchev–Trinajstić information content (AvgIpc) is 2.63. The van der Waals surface area contributed by atoms with Crippen LogP contribution in [0, 0.1) is 12.7 Å². The molecule has 0 aliphatic carbocycles. The van der Waals surface area contributed by atoms with Crippen molar-refractivity contribution in [3.63, 3.8) is 0 Å². The topological polar surface area (TPSA) is 70.7 Å². The van der Waals surface area contributed by atoms with Crippen molar-refractivity contribution in [3.05, 3.63) is 53.8 Å². The Labute approximate surface area is 158 Å². The van der Waals surface area contributed by atoms with E-state index < -0.39 is 11.9 Å². The summed E-state index contributed by atoms with van der Waals surface area (Å²) in [6, 6.07) is 10.6. The quantitative estimate of drug-likeness (QED) is 0.783. The SMILES string of the molecule is COc1cccc(NC(=O)CN(C)C(C)C(=O)Nc2cc(F)ccc2C)c1. The van der Waals surface area contributed by atoms with Crippen LogP contribution in [0.3, 0.4) is 0 Å². The zero-order valence-corrected chi connectivity index (χ0v) is 15.9. The Bertz CT molecular complexity index is 826. The number of aryl methyl sites for hydroxylation is 1. The van der Waals surface area contributed by atoms with Gasteiger partial charge < -0.3 is 15.4 Å². The first-order valence-electron chi connectivity index (χ1n) is 8.51. The number of rotatable bonds is 7. The van der Waals surface area contributed by atoms with E-state index >= 15 is 0 Å². The van der Waals surface area contributed by atoms with Crippen LogP contribution < -0.4 is 15.4 Å². The van der Waals surface area contributed by atoms with E-state index in [1.165, 1.54) is 12.1 Å². The summed E-state index contributed by atoms with van der Waals surface area (Å²) in [5, 5.41) is 5.47. The Morgan fingerprint density at radius 3 is 2.63 bits per heavy atom. The highest BCUT2D eigenvalue weighted by Gasteiger charge is 2.21. The van der Waals surface area contributed by atoms with Gasteiger partial charge in [0.1, 0.15) is 11.6 Å². The lowest BCUT2D eigenvalue weighted by molar-refractivity contribution is -0.122. The molecule has 0 saturated heterocycles. The first-order valence-corrected chi connectivity index (χ1v) is 8.51. The lowest BCUT2D eigenvalue weighted by atomic mass is 10.2. The summed E-state index contributed by atoms with van der Waals surface area (Å²) < 4.78 is 18.5. The third kappa shape index (κ3) is 5.79. The normalized spacial score (nSPS) is 11.8. The number of nitrogens with zero attached hydrogens (tertiary/aromatic N) is 1. The minimum absolute atomic E-state index is 0.0218. The maximum Gasteiger partial charge on any atom is 0.241 e. The van der Waals surface area contributed by atoms with E-state index in [-0.39, 0.29) is 18.4 Å². The second-order valence-electron chi connectivity index (χ2n) is 6.32. The third-order valence-electron chi connectivity index (χ3n) is 4.24. The van der Waals surface area contributed by atoms with Crippen LogP contribution in [0.15, 0.2) is 42.5 Å². The molecule has 2 aromatic rings. The van der Waals surface area contributed by atoms with E-state index in [9.17, 15) is 14.0 Å². The van der Waals surface area contributed by atoms with Gasteiger partial charge in [0.2, 0.25) is 11.8 Å². The maximum atomic E-state index is 13.4. The van der Waals surface area contributed by atoms with E-state index in [0.29, 0.717) is 17.1 Å². The summed E-state index contributed by atoms with van der Waals surface area (Å²) in [6.07, 6.45) is 0. The van der Waals surface area contributed by atoms with Crippen LogP contribution in [0.5, 0.6) is 5.75 Å². The minimum Gasteiger partial charge on any atom is -0.497 e. The molecular weight excluding hydrogens is 349 g/mol. The van der Waals surface area contributed by atoms with Gasteiger partial charge in [-0.2, -0.15) is 0 Å². The van der Waals surface area contributed by atoms with Gasteiger partial charge in [-0.3, -0.25) is 14.5 Å². The van der Waals surface area contributed by atoms with E-state index in [4.69, 9.17) is 4.74 Å². The second kappa shape index (κ2) is 9.14. The number of halogens is 1. The van der Waals surface area contributed by atoms with Gasteiger partial charge in [0.25, 0.3) is 0 Å². The van der Waals surface area contributed by atoms with Gasteiger partial charge in [0, 0.05) is 17.4 Å². The van der Waals surface area contributed by atoms with Crippen LogP contribution in [0.4, 0.5) is 15.8 Å². The third-order valence-corrected chi connectivity index (χ3v) is 4.24. The van der Waals surface area contributed by atoms with E-state index in [1.54, 1.807) is 63.2 Å². The molecule has 2 rings (SSSR count). The first-order chi connectivity index (χ1) is 12.8. The molecule has 0 fully saturated rings. The minimum atomic E-state index is -0.580. The van der Waals surface area contributed by atoms with Crippen molar-refractivity contribution in [1.29, 1.82) is 0 Å². The van der Waals surface area contributed by atoms with Crippen molar-refractivity contribution >= 4 is 23.2 Å². The molecule has 0 aliphatic rings. The number of benzene rings is 2. The standard InChI is InChI=1S/C20H24FN3O3/c1-13-8-9-15(21)10-18(13)23-20(26)14(2)24(3)12-19(25)22-16-6-5-7-17(11-16)27-4/h5-11,14H,12H2,1-4H3,(H,22,25)(H,23,26). The Balaban J connectivity index is 1.93. The van der Waals surface area contributed by atoms with Gasteiger partial charge in [-0.05, 0) is 50.7 Å². The fraction of sp³-hybridized carbons (Fsp3) is 0.300. The van der Waals surface area contributed by atoms with Crippen molar-refractivity contribution in [2.45, 2.75) is 19.9 Å². The number of hydrogen-bond acceptors (Lipinski definition) is 4. The molecule has 0 saturated carbocycles. The Morgan fingerprint density at radius 1 is 1.19 bits per heavy atom. The molecule has 2 amide bonds. The molecule has 7 heteroatoms. The lowest BCUT2D eigenvalue weighted by Gasteiger charge is -2.23. The molecule has 0 aliphatic heterocycles. The highest BCUT2D eigenvalue weighted by Crippen LogP contribution is 2.18. The number of methoxy groups -OCH3 is 1. The Hall–Kier alpha value is -2.93. The highest BCUT2D eigenvalue weighted by molar-refractivity contribution is 5.96. The van der Waals surface area contributed by atoms with Gasteiger partial charge in [-0.1, -0.05) is 12.1 Å². The largest absolute Gasteiger partial charge is 0.497 e. The number of hydrogen-bond donors (Lipinski definition) is 2. The van der Waals surface area contributed by atoms with Gasteiger partial charge in [-0.15, -0.1) is 0 Å². The van der Waals surface area contributed by atoms with Crippen LogP contribution in [0.2, 0.25) is 0 Å². The fourth-order valence-corrected chi connectivity index (χ4v) is 2.43. The summed E-state index contributed by atoms with van der Waals surface area (Å²) in [5.74, 6) is -0.360. The number of nitrogens with one attached hydrogen (secondary N) is 2. The van der Waals surface area contributed by atoms with Crippen molar-refractivity contribution in [3.8, 4) is 5.75 Å². The fourth-order valence-electron chi connectivity index (χ4n) is 2.43. The molecule has 6 nitrogen and oxygen atoms in total. The molecule has 2 N–H and O–H groups in total. The Morgan fingerprint density at radius 2 is 1.93 bits per heavy atom. The number of carbonyl (C=O) groups excluding carboxylic acids is 2. The van der Waals surface area contributed by atoms with Crippen molar-refractivity contribution in [1.82, 2.24) is 4.90 Å². The monoisotopic (exact) mass is 373 g/mol. The predicted molar refractivity (Wildman–Crippen MR) is 103 cm³/mol. The van der Waals surface area contributed by atoms with E-state index in [2.05, 4.69) is 10.6 Å². The summed E-state index contributed by atoms with van der Waals surface area (Å²) in [5.41, 5.74) is 1.79. The van der Waals surface area contributed by atoms with Crippen LogP contribution in [-0.4, -0.2) is 43.5 Å². The number of anilines is 2. The van der Waals surface area contributed by atoms with Gasteiger partial charge in [0.05, 0.1) is 19.7 Å². The highest BCUT2D eigenvalue weighted by atomic mass is 19.1. The summed E-state index contributed by atoms with van der Waals surface area (Å²) >= 11 is 0. The van der Waals surface area contributed by atoms with Gasteiger partial charge >= 0.3 is 0 Å². The van der Waals surface area contributed by atoms with Crippen molar-refractivity contribution in [2.24, 2.45) is 0 Å². The second-order valence-corrected chi connectivity index (χ2v) is 6.32. The molecule has 0 bridgehead atoms. The van der Waals surface area contributed by atoms with E-state index in [1.807, 2.05) is 0 Å². The summed E-state index contributed by atoms with van der Waals surface area (Å²) in [6.45, 7) is 3.49. The number of amides is 2. The zero-order chi connectivity index (χ0) is 20.0. The van der Waals surface area contributed by atoms with Crippen molar-refractivity contribution in [2.75, 3.05) is 31.3 Å². The van der Waals surface area contributed by atoms with Crippen LogP contribution in [0.25, 0.3) is 0 Å². The number of carbonyl (C=O) groups is 2. The average molecular weight is 373 g/mol. The van der Waals surface area contributed by atoms with Crippen LogP contribution in [0.1, 0.15) is 12.5 Å². The molecule has 1 atom stereocenters. The molecule has 144 valence electrons. The molecule has 0 spiro atoms. The van der Waals surface area contributed by atoms with Crippen LogP contribution >= 0.6 is 0 Å². The predicted octanol–water partition coefficient (Wildman–Crippen LogP) is 3.04. The van der Waals surface area contributed by atoms with Crippen molar-refractivity contribution < 1.29 is 18.7 Å². The maximum absolute atomic E-state index is 13.4. The number of likely N-dealkylation sites (N-methyl/N-ethyl adjacent to an activating group) is 1. The molecule has 0 aromatic heterocycles. The molecule has 1 unspecified atom stereocenters. The molecule has 0 heterocycles. The zero-order valence-electron chi connectivity index (χ0n) is 15.9. The lowest BCUT2D eigenvalue weighted by Crippen LogP contribution is -2.43. The molecular formula is C20H24FN3O3. The number of ether oxygens (including phenoxy) is 1. The molecule has 0 radical (unpaired) electrons. The first kappa shape index (κ1) is 20.4. The van der Waals surface area contributed by atoms with Gasteiger partial charge in [0.15, 0.2) is 0 Å². The van der Waals surface area contributed by atoms with Gasteiger partial charge in [-0.25, -0.2) is 4.39 Å². The Kier molecular flexibility index (Phi) is 6.90. The summed E-state index contributed by atoms with van der Waals surface area (Å²) in [4.78, 5) is 26.3. The molecule has 2 aromatic carbocycles. The summed E-state index contributed by atoms with van der Waals surface area (Å²) in [7, 11) is 3.23. The smallest absolute Gasteiger partial charge is 0.241 e.